The van der Waals surface area contributed by atoms with E-state index in [9.17, 15) is 93.0 Å². The van der Waals surface area contributed by atoms with Crippen LogP contribution in [0.5, 0.6) is 46.0 Å². The van der Waals surface area contributed by atoms with E-state index in [1.165, 1.54) is 67.6 Å². The lowest BCUT2D eigenvalue weighted by Gasteiger charge is -2.38. The first-order chi connectivity index (χ1) is 57.5. The quantitative estimate of drug-likeness (QED) is 0.0170. The molecule has 0 radical (unpaired) electrons. The fourth-order valence-electron chi connectivity index (χ4n) is 13.0. The molecule has 0 aliphatic carbocycles. The van der Waals surface area contributed by atoms with Crippen LogP contribution in [0.3, 0.4) is 0 Å². The maximum Gasteiger partial charge on any atom is 0.411 e. The number of phenols is 6. The number of aromatic hydroxyl groups is 6. The molecule has 652 valence electrons. The smallest absolute Gasteiger partial charge is 0.411 e. The van der Waals surface area contributed by atoms with Crippen LogP contribution in [0, 0.1) is 13.8 Å². The number of phenolic OH excluding ortho intramolecular Hbond substituents is 6. The number of hydrogen-bond acceptors (Lipinski definition) is 16. The first-order valence-electron chi connectivity index (χ1n) is 35.2. The summed E-state index contributed by atoms with van der Waals surface area (Å²) in [7, 11) is -8.22. The average molecular weight is 1790 g/mol. The third kappa shape index (κ3) is 18.3. The largest absolute Gasteiger partial charge is 0.506 e. The van der Waals surface area contributed by atoms with Crippen LogP contribution in [0.25, 0.3) is 0 Å². The molecule has 3 amide bonds. The van der Waals surface area contributed by atoms with Crippen LogP contribution in [-0.4, -0.2) is 115 Å². The summed E-state index contributed by atoms with van der Waals surface area (Å²) in [5, 5.41) is 70.5. The molecule has 11 aromatic carbocycles. The second-order valence-electron chi connectivity index (χ2n) is 27.4. The summed E-state index contributed by atoms with van der Waals surface area (Å²) in [4.78, 5) is 50.7. The van der Waals surface area contributed by atoms with E-state index < -0.39 is 209 Å². The Labute approximate surface area is 690 Å². The number of nitrogens with one attached hydrogen (secondary N) is 6. The molecule has 0 unspecified atom stereocenters. The van der Waals surface area contributed by atoms with Crippen molar-refractivity contribution in [3.8, 4) is 46.0 Å². The minimum absolute atomic E-state index is 0.0954. The number of hydrogen-bond donors (Lipinski definition) is 12. The first-order valence-corrected chi connectivity index (χ1v) is 38.2. The van der Waals surface area contributed by atoms with Gasteiger partial charge in [0, 0.05) is 29.3 Å². The van der Waals surface area contributed by atoms with E-state index in [1.807, 2.05) is 15.4 Å². The molecule has 0 aliphatic heterocycles. The molecule has 0 fully saturated rings. The van der Waals surface area contributed by atoms with Gasteiger partial charge in [0.05, 0.1) is 43.9 Å². The Hall–Kier alpha value is -13.9. The van der Waals surface area contributed by atoms with Crippen LogP contribution >= 0.6 is 0 Å². The maximum atomic E-state index is 15.2. The van der Waals surface area contributed by atoms with E-state index in [4.69, 9.17) is 4.74 Å². The highest BCUT2D eigenvalue weighted by Gasteiger charge is 2.75. The van der Waals surface area contributed by atoms with Gasteiger partial charge in [0.15, 0.2) is 5.78 Å². The molecule has 21 nitrogen and oxygen atoms in total. The molecule has 0 saturated heterocycles. The van der Waals surface area contributed by atoms with Gasteiger partial charge in [0.2, 0.25) is 16.2 Å². The van der Waals surface area contributed by atoms with Crippen LogP contribution in [0.2, 0.25) is 0 Å². The number of sulfonamides is 2. The van der Waals surface area contributed by atoms with Crippen molar-refractivity contribution >= 4 is 77.7 Å². The Morgan fingerprint density at radius 1 is 0.298 bits per heavy atom. The second-order valence-corrected chi connectivity index (χ2v) is 30.7. The second kappa shape index (κ2) is 34.2. The summed E-state index contributed by atoms with van der Waals surface area (Å²) in [6.07, 6.45) is -37.3. The summed E-state index contributed by atoms with van der Waals surface area (Å²) < 4.78 is 332. The summed E-state index contributed by atoms with van der Waals surface area (Å²) in [5.74, 6) is -9.16. The highest BCUT2D eigenvalue weighted by Crippen LogP contribution is 2.61. The van der Waals surface area contributed by atoms with Crippen LogP contribution in [0.1, 0.15) is 92.9 Å². The lowest BCUT2D eigenvalue weighted by atomic mass is 9.72. The number of anilines is 6. The van der Waals surface area contributed by atoms with Gasteiger partial charge in [-0.05, 0) is 218 Å². The average Bonchev–Trinajstić information content (AvgIpc) is 0.717. The monoisotopic (exact) mass is 1790 g/mol. The summed E-state index contributed by atoms with van der Waals surface area (Å²) in [6.45, 7) is 4.65. The number of aryl methyl sites for hydroxylation is 2. The maximum absolute atomic E-state index is 15.2. The van der Waals surface area contributed by atoms with Gasteiger partial charge in [-0.15, -0.1) is 0 Å². The van der Waals surface area contributed by atoms with E-state index in [2.05, 4.69) is 10.6 Å². The fourth-order valence-corrected chi connectivity index (χ4v) is 15.2. The molecule has 0 saturated carbocycles. The van der Waals surface area contributed by atoms with E-state index in [1.54, 1.807) is 30.7 Å². The van der Waals surface area contributed by atoms with Gasteiger partial charge in [0.1, 0.15) is 46.0 Å². The van der Waals surface area contributed by atoms with Crippen molar-refractivity contribution in [2.45, 2.75) is 83.9 Å². The Kier molecular flexibility index (Phi) is 25.5. The van der Waals surface area contributed by atoms with Crippen molar-refractivity contribution in [1.82, 2.24) is 0 Å². The lowest BCUT2D eigenvalue weighted by Crippen LogP contribution is -2.54. The van der Waals surface area contributed by atoms with E-state index in [0.717, 1.165) is 49.5 Å². The van der Waals surface area contributed by atoms with Crippen molar-refractivity contribution < 1.29 is 150 Å². The van der Waals surface area contributed by atoms with Gasteiger partial charge in [-0.2, -0.15) is 79.0 Å². The molecule has 0 spiro atoms. The number of ketones is 1. The standard InChI is InChI=1S/C46H34F12N4O8S.C37H28F6N2O7S/c1-23-6-12-30(13-7-23)71(69,70)62-34-22-29(11-17-38(34)66)42(45(53,54)55,46(56,57)58)28-10-16-37(65)33(21-28)61-40(68)25-5-3-4-24(18-25)39(67)60-32-20-27(9-15-36(32)64)41(43(47,48)49,44(50,51)52)26-8-14-35(63)31(19-26)59-2;1-21-3-15-29(16-4-21)53(50,51)45-31-20-26(10-18-33(31)48)35(36(38,39)40,37(41,42)43)25-9-17-32(47)30(19-25)44-34(49)24-7-13-28(14-8-24)52-27-11-5-23(6-12-27)22(2)46/h3-22,59,62-66H,1-2H3,(H,60,67)(H,61,68);3-20,45,47-48H,1-2H3,(H,44,49). The first kappa shape index (κ1) is 92.4. The number of benzene rings is 11. The summed E-state index contributed by atoms with van der Waals surface area (Å²) >= 11 is 0. The van der Waals surface area contributed by atoms with Gasteiger partial charge < -0.3 is 56.6 Å². The Balaban J connectivity index is 0.000000270. The third-order valence-corrected chi connectivity index (χ3v) is 22.1. The van der Waals surface area contributed by atoms with E-state index in [0.29, 0.717) is 101 Å². The predicted octanol–water partition coefficient (Wildman–Crippen LogP) is 19.9. The fraction of sp³-hybridized carbons (Fsp3) is 0.157. The van der Waals surface area contributed by atoms with Crippen molar-refractivity contribution in [3.05, 3.63) is 297 Å². The number of rotatable bonds is 22. The zero-order valence-electron chi connectivity index (χ0n) is 63.4. The molecule has 0 aliphatic rings. The SMILES string of the molecule is CC(=O)c1ccc(Oc2ccc(C(=O)Nc3cc(C(c4ccc(O)c(NS(=O)(=O)c5ccc(C)cc5)c4)(C(F)(F)F)C(F)(F)F)ccc3O)cc2)cc1.CNc1cc(C(c2ccc(O)c(NC(=O)c3cccc(C(=O)Nc4cc(C(c5ccc(O)c(NS(=O)(=O)c6ccc(C)cc6)c5)(C(F)(F)F)C(F)(F)F)ccc4O)c3)c2)(C(F)(F)F)C(F)(F)F)ccc1O. The number of carbonyl (C=O) groups is 4. The molecule has 11 aromatic rings. The van der Waals surface area contributed by atoms with E-state index in [-0.39, 0.29) is 58.4 Å². The molecule has 41 heteroatoms. The van der Waals surface area contributed by atoms with Crippen molar-refractivity contribution in [2.75, 3.05) is 37.8 Å². The molecule has 11 rings (SSSR count). The van der Waals surface area contributed by atoms with Crippen LogP contribution in [0.4, 0.5) is 113 Å². The molecule has 0 atom stereocenters. The normalized spacial score (nSPS) is 12.6. The minimum atomic E-state index is -6.34. The van der Waals surface area contributed by atoms with Crippen LogP contribution in [-0.2, 0) is 36.3 Å². The minimum Gasteiger partial charge on any atom is -0.506 e. The molecule has 0 aromatic heterocycles. The number of halogens is 18. The molecular weight excluding hydrogens is 1730 g/mol. The third-order valence-electron chi connectivity index (χ3n) is 19.3. The lowest BCUT2D eigenvalue weighted by molar-refractivity contribution is -0.290. The Morgan fingerprint density at radius 2 is 0.540 bits per heavy atom. The highest BCUT2D eigenvalue weighted by atomic mass is 32.2. The van der Waals surface area contributed by atoms with Crippen LogP contribution < -0.4 is 35.4 Å². The van der Waals surface area contributed by atoms with Crippen molar-refractivity contribution in [3.63, 3.8) is 0 Å². The molecule has 0 heterocycles. The van der Waals surface area contributed by atoms with Gasteiger partial charge in [-0.3, -0.25) is 28.6 Å². The summed E-state index contributed by atoms with van der Waals surface area (Å²) in [6, 6.07) is 30.7. The van der Waals surface area contributed by atoms with Gasteiger partial charge >= 0.3 is 37.1 Å². The predicted molar refractivity (Wildman–Crippen MR) is 414 cm³/mol. The summed E-state index contributed by atoms with van der Waals surface area (Å²) in [5.41, 5.74) is -29.4. The topological polar surface area (TPSA) is 339 Å². The number of Topliss-reactive ketones (excluding diaryl/α,β-unsaturated/α-hetero) is 1. The molecule has 124 heavy (non-hydrogen) atoms. The molecular formula is C83H62F18N6O15S2. The zero-order valence-corrected chi connectivity index (χ0v) is 65.0. The van der Waals surface area contributed by atoms with Crippen molar-refractivity contribution in [2.24, 2.45) is 0 Å². The van der Waals surface area contributed by atoms with Crippen molar-refractivity contribution in [1.29, 1.82) is 0 Å². The highest BCUT2D eigenvalue weighted by molar-refractivity contribution is 7.93. The van der Waals surface area contributed by atoms with Crippen LogP contribution in [0.15, 0.2) is 240 Å². The zero-order chi connectivity index (χ0) is 91.8. The van der Waals surface area contributed by atoms with Gasteiger partial charge in [-0.25, -0.2) is 16.8 Å². The Morgan fingerprint density at radius 3 is 0.806 bits per heavy atom. The molecule has 0 bridgehead atoms. The number of amides is 3. The van der Waals surface area contributed by atoms with Gasteiger partial charge in [0.25, 0.3) is 37.8 Å². The number of alkyl halides is 18. The molecule has 12 N–H and O–H groups in total. The Bertz CT molecular complexity index is 6110. The van der Waals surface area contributed by atoms with E-state index >= 15 is 52.7 Å². The number of ether oxygens (including phenoxy) is 1. The number of carbonyl (C=O) groups excluding carboxylic acids is 4. The van der Waals surface area contributed by atoms with Gasteiger partial charge in [-0.1, -0.05) is 77.9 Å².